The van der Waals surface area contributed by atoms with Gasteiger partial charge in [-0.15, -0.1) is 11.3 Å². The van der Waals surface area contributed by atoms with Gasteiger partial charge in [0.05, 0.1) is 13.7 Å². The van der Waals surface area contributed by atoms with E-state index in [4.69, 9.17) is 4.74 Å². The highest BCUT2D eigenvalue weighted by molar-refractivity contribution is 7.15. The van der Waals surface area contributed by atoms with E-state index in [0.717, 1.165) is 32.2 Å². The second-order valence-electron chi connectivity index (χ2n) is 7.31. The molecular formula is C23H22N2O4S. The molecule has 0 aliphatic heterocycles. The van der Waals surface area contributed by atoms with E-state index >= 15 is 0 Å². The van der Waals surface area contributed by atoms with Crippen LogP contribution in [0.3, 0.4) is 0 Å². The quantitative estimate of drug-likeness (QED) is 0.563. The number of amides is 2. The average molecular weight is 423 g/mol. The molecule has 2 aromatic carbocycles. The number of aliphatic carboxylic acids is 1. The number of hydrogen-bond acceptors (Lipinski definition) is 4. The van der Waals surface area contributed by atoms with Crippen LogP contribution in [0.5, 0.6) is 5.75 Å². The monoisotopic (exact) mass is 422 g/mol. The van der Waals surface area contributed by atoms with Gasteiger partial charge >= 0.3 is 12.0 Å². The highest BCUT2D eigenvalue weighted by Crippen LogP contribution is 2.31. The molecule has 154 valence electrons. The van der Waals surface area contributed by atoms with Gasteiger partial charge in [0.2, 0.25) is 0 Å². The molecule has 1 aliphatic rings. The van der Waals surface area contributed by atoms with Crippen molar-refractivity contribution in [1.29, 1.82) is 0 Å². The Labute approximate surface area is 178 Å². The molecule has 0 radical (unpaired) electrons. The van der Waals surface area contributed by atoms with Crippen molar-refractivity contribution in [3.8, 4) is 16.2 Å². The minimum atomic E-state index is -1.31. The summed E-state index contributed by atoms with van der Waals surface area (Å²) >= 11 is 1.58. The fourth-order valence-corrected chi connectivity index (χ4v) is 4.67. The van der Waals surface area contributed by atoms with E-state index in [0.29, 0.717) is 6.54 Å². The number of carboxylic acid groups (broad SMARTS) is 1. The van der Waals surface area contributed by atoms with Gasteiger partial charge in [0, 0.05) is 22.6 Å². The number of ether oxygens (including phenoxy) is 1. The predicted molar refractivity (Wildman–Crippen MR) is 116 cm³/mol. The molecule has 0 saturated heterocycles. The molecule has 1 aromatic heterocycles. The van der Waals surface area contributed by atoms with Gasteiger partial charge in [0.1, 0.15) is 11.3 Å². The van der Waals surface area contributed by atoms with Gasteiger partial charge in [-0.25, -0.2) is 9.59 Å². The van der Waals surface area contributed by atoms with Gasteiger partial charge in [-0.1, -0.05) is 24.3 Å². The molecule has 7 heteroatoms. The Bertz CT molecular complexity index is 1050. The fourth-order valence-electron chi connectivity index (χ4n) is 3.72. The van der Waals surface area contributed by atoms with E-state index in [2.05, 4.69) is 10.6 Å². The summed E-state index contributed by atoms with van der Waals surface area (Å²) in [6.45, 7) is 0.329. The van der Waals surface area contributed by atoms with Crippen LogP contribution in [0.15, 0.2) is 60.7 Å². The van der Waals surface area contributed by atoms with Crippen LogP contribution in [0.25, 0.3) is 10.4 Å². The summed E-state index contributed by atoms with van der Waals surface area (Å²) in [5.74, 6) is -0.220. The number of carboxylic acids is 1. The van der Waals surface area contributed by atoms with Crippen LogP contribution in [0, 0.1) is 0 Å². The van der Waals surface area contributed by atoms with Crippen LogP contribution in [0.4, 0.5) is 4.79 Å². The van der Waals surface area contributed by atoms with Crippen LogP contribution in [0.1, 0.15) is 16.0 Å². The standard InChI is InChI=1S/C23H22N2O4S/c1-29-18-8-6-15(7-9-18)20-11-10-19(30-20)14-24-22(28)25-23(21(26)27)12-16-4-2-3-5-17(16)13-23/h2-11H,12-14H2,1H3,(H,26,27)(H2,24,25,28). The smallest absolute Gasteiger partial charge is 0.330 e. The molecule has 4 rings (SSSR count). The highest BCUT2D eigenvalue weighted by atomic mass is 32.1. The Morgan fingerprint density at radius 3 is 2.30 bits per heavy atom. The molecule has 0 unspecified atom stereocenters. The lowest BCUT2D eigenvalue weighted by Gasteiger charge is -2.25. The Morgan fingerprint density at radius 1 is 1.03 bits per heavy atom. The Hall–Kier alpha value is -3.32. The van der Waals surface area contributed by atoms with Gasteiger partial charge in [-0.3, -0.25) is 0 Å². The van der Waals surface area contributed by atoms with Crippen molar-refractivity contribution < 1.29 is 19.4 Å². The minimum Gasteiger partial charge on any atom is -0.497 e. The highest BCUT2D eigenvalue weighted by Gasteiger charge is 2.45. The van der Waals surface area contributed by atoms with E-state index in [1.807, 2.05) is 60.7 Å². The Balaban J connectivity index is 1.38. The van der Waals surface area contributed by atoms with Crippen molar-refractivity contribution in [2.45, 2.75) is 24.9 Å². The molecule has 30 heavy (non-hydrogen) atoms. The topological polar surface area (TPSA) is 87.7 Å². The van der Waals surface area contributed by atoms with Gasteiger partial charge in [-0.05, 0) is 53.1 Å². The summed E-state index contributed by atoms with van der Waals surface area (Å²) in [6.07, 6.45) is 0.569. The van der Waals surface area contributed by atoms with Gasteiger partial charge in [0.15, 0.2) is 0 Å². The molecule has 6 nitrogen and oxygen atoms in total. The number of carbonyl (C=O) groups excluding carboxylic acids is 1. The van der Waals surface area contributed by atoms with Crippen molar-refractivity contribution in [3.63, 3.8) is 0 Å². The number of hydrogen-bond donors (Lipinski definition) is 3. The molecule has 0 atom stereocenters. The van der Waals surface area contributed by atoms with Crippen LogP contribution >= 0.6 is 11.3 Å². The molecule has 0 spiro atoms. The fraction of sp³-hybridized carbons (Fsp3) is 0.217. The van der Waals surface area contributed by atoms with Crippen molar-refractivity contribution in [2.75, 3.05) is 7.11 Å². The number of nitrogens with one attached hydrogen (secondary N) is 2. The largest absolute Gasteiger partial charge is 0.497 e. The summed E-state index contributed by atoms with van der Waals surface area (Å²) in [5.41, 5.74) is 1.69. The summed E-state index contributed by atoms with van der Waals surface area (Å²) < 4.78 is 5.18. The van der Waals surface area contributed by atoms with Crippen molar-refractivity contribution in [1.82, 2.24) is 10.6 Å². The first kappa shape index (κ1) is 20.0. The number of thiophene rings is 1. The summed E-state index contributed by atoms with van der Waals surface area (Å²) in [5, 5.41) is 15.3. The van der Waals surface area contributed by atoms with Crippen LogP contribution in [0.2, 0.25) is 0 Å². The van der Waals surface area contributed by atoms with Gasteiger partial charge in [-0.2, -0.15) is 0 Å². The third-order valence-corrected chi connectivity index (χ3v) is 6.46. The number of fused-ring (bicyclic) bond motifs is 1. The maximum atomic E-state index is 12.5. The maximum Gasteiger partial charge on any atom is 0.330 e. The Morgan fingerprint density at radius 2 is 1.70 bits per heavy atom. The van der Waals surface area contributed by atoms with E-state index in [9.17, 15) is 14.7 Å². The van der Waals surface area contributed by atoms with Gasteiger partial charge < -0.3 is 20.5 Å². The zero-order chi connectivity index (χ0) is 21.1. The first-order valence-electron chi connectivity index (χ1n) is 9.58. The number of urea groups is 1. The summed E-state index contributed by atoms with van der Waals surface area (Å²) in [7, 11) is 1.63. The lowest BCUT2D eigenvalue weighted by atomic mass is 9.96. The van der Waals surface area contributed by atoms with E-state index in [1.54, 1.807) is 18.4 Å². The van der Waals surface area contributed by atoms with E-state index in [1.165, 1.54) is 0 Å². The number of rotatable bonds is 6. The first-order valence-corrected chi connectivity index (χ1v) is 10.4. The molecule has 0 saturated carbocycles. The second-order valence-corrected chi connectivity index (χ2v) is 8.48. The maximum absolute atomic E-state index is 12.5. The van der Waals surface area contributed by atoms with Crippen LogP contribution in [-0.4, -0.2) is 29.8 Å². The summed E-state index contributed by atoms with van der Waals surface area (Å²) in [6, 6.07) is 18.9. The SMILES string of the molecule is COc1ccc(-c2ccc(CNC(=O)NC3(C(=O)O)Cc4ccccc4C3)s2)cc1. The van der Waals surface area contributed by atoms with E-state index < -0.39 is 17.5 Å². The van der Waals surface area contributed by atoms with Gasteiger partial charge in [0.25, 0.3) is 0 Å². The molecule has 1 heterocycles. The molecule has 0 fully saturated rings. The second kappa shape index (κ2) is 8.20. The van der Waals surface area contributed by atoms with Crippen molar-refractivity contribution in [2.24, 2.45) is 0 Å². The zero-order valence-corrected chi connectivity index (χ0v) is 17.3. The number of benzene rings is 2. The Kier molecular flexibility index (Phi) is 5.46. The van der Waals surface area contributed by atoms with Crippen LogP contribution in [-0.2, 0) is 24.2 Å². The number of carbonyl (C=O) groups is 2. The van der Waals surface area contributed by atoms with Crippen LogP contribution < -0.4 is 15.4 Å². The third kappa shape index (κ3) is 4.02. The molecule has 2 amide bonds. The van der Waals surface area contributed by atoms with E-state index in [-0.39, 0.29) is 12.8 Å². The zero-order valence-electron chi connectivity index (χ0n) is 16.5. The predicted octanol–water partition coefficient (Wildman–Crippen LogP) is 3.85. The summed E-state index contributed by atoms with van der Waals surface area (Å²) in [4.78, 5) is 26.5. The molecule has 3 N–H and O–H groups in total. The molecule has 0 bridgehead atoms. The first-order chi connectivity index (χ1) is 14.5. The normalized spacial score (nSPS) is 14.0. The molecule has 3 aromatic rings. The van der Waals surface area contributed by atoms with Crippen molar-refractivity contribution in [3.05, 3.63) is 76.7 Å². The van der Waals surface area contributed by atoms with Crippen molar-refractivity contribution >= 4 is 23.3 Å². The third-order valence-electron chi connectivity index (χ3n) is 5.32. The lowest BCUT2D eigenvalue weighted by molar-refractivity contribution is -0.144. The average Bonchev–Trinajstić information content (AvgIpc) is 3.37. The lowest BCUT2D eigenvalue weighted by Crippen LogP contribution is -2.57. The molecular weight excluding hydrogens is 400 g/mol. The minimum absolute atomic E-state index is 0.284. The number of methoxy groups -OCH3 is 1. The molecule has 1 aliphatic carbocycles.